The zero-order chi connectivity index (χ0) is 34.0. The normalized spacial score (nSPS) is 12.4. The lowest BCUT2D eigenvalue weighted by atomic mass is 10.1. The Labute approximate surface area is 276 Å². The van der Waals surface area contributed by atoms with Crippen molar-refractivity contribution in [1.29, 1.82) is 0 Å². The van der Waals surface area contributed by atoms with Crippen LogP contribution in [0.4, 0.5) is 5.69 Å². The molecule has 0 aromatic heterocycles. The average Bonchev–Trinajstić information content (AvgIpc) is 3.06. The van der Waals surface area contributed by atoms with Crippen LogP contribution in [-0.2, 0) is 26.2 Å². The molecule has 3 aromatic rings. The zero-order valence-corrected chi connectivity index (χ0v) is 28.8. The lowest BCUT2D eigenvalue weighted by Gasteiger charge is -2.34. The number of nitrogens with zero attached hydrogens (tertiary/aromatic N) is 2. The summed E-state index contributed by atoms with van der Waals surface area (Å²) in [5.41, 5.74) is 0.730. The van der Waals surface area contributed by atoms with Crippen LogP contribution in [0.3, 0.4) is 0 Å². The van der Waals surface area contributed by atoms with Crippen molar-refractivity contribution in [3.05, 3.63) is 71.2 Å². The molecule has 0 saturated heterocycles. The van der Waals surface area contributed by atoms with E-state index in [1.54, 1.807) is 37.3 Å². The van der Waals surface area contributed by atoms with Crippen molar-refractivity contribution in [2.45, 2.75) is 57.1 Å². The third-order valence-electron chi connectivity index (χ3n) is 7.51. The molecule has 3 aromatic carbocycles. The summed E-state index contributed by atoms with van der Waals surface area (Å²) in [5, 5.41) is 3.19. The summed E-state index contributed by atoms with van der Waals surface area (Å²) in [7, 11) is 1.29. The first-order valence-corrected chi connectivity index (χ1v) is 16.6. The number of rotatable bonds is 16. The minimum Gasteiger partial charge on any atom is -0.497 e. The Kier molecular flexibility index (Phi) is 13.0. The molecular weight excluding hydrogens is 634 g/mol. The van der Waals surface area contributed by atoms with Gasteiger partial charge in [0.25, 0.3) is 10.0 Å². The van der Waals surface area contributed by atoms with Crippen molar-refractivity contribution in [1.82, 2.24) is 10.2 Å². The number of halogens is 1. The SMILES string of the molecule is CC[C@@H](C)NC(=O)[C@H](CC)N(Cc1cccc(OC)c1)C(=O)CN(c1cc(Cl)ccc1OC)S(=O)(=O)c1ccc(OC)c(OC)c1. The molecule has 13 heteroatoms. The highest BCUT2D eigenvalue weighted by molar-refractivity contribution is 7.92. The summed E-state index contributed by atoms with van der Waals surface area (Å²) < 4.78 is 51.3. The number of carbonyl (C=O) groups is 2. The summed E-state index contributed by atoms with van der Waals surface area (Å²) in [6, 6.07) is 14.7. The van der Waals surface area contributed by atoms with Crippen molar-refractivity contribution >= 4 is 39.1 Å². The van der Waals surface area contributed by atoms with Crippen molar-refractivity contribution in [2.75, 3.05) is 39.3 Å². The van der Waals surface area contributed by atoms with E-state index in [1.165, 1.54) is 63.7 Å². The van der Waals surface area contributed by atoms with Crippen LogP contribution in [0, 0.1) is 0 Å². The molecule has 3 rings (SSSR count). The van der Waals surface area contributed by atoms with Crippen LogP contribution in [0.1, 0.15) is 39.2 Å². The molecule has 250 valence electrons. The molecule has 0 fully saturated rings. The Bertz CT molecular complexity index is 1620. The third kappa shape index (κ3) is 8.55. The van der Waals surface area contributed by atoms with Gasteiger partial charge in [0.2, 0.25) is 11.8 Å². The third-order valence-corrected chi connectivity index (χ3v) is 9.50. The number of nitrogens with one attached hydrogen (secondary N) is 1. The van der Waals surface area contributed by atoms with E-state index in [2.05, 4.69) is 5.32 Å². The summed E-state index contributed by atoms with van der Waals surface area (Å²) in [6.07, 6.45) is 0.971. The Balaban J connectivity index is 2.18. The van der Waals surface area contributed by atoms with Gasteiger partial charge >= 0.3 is 0 Å². The first-order valence-electron chi connectivity index (χ1n) is 14.7. The average molecular weight is 676 g/mol. The zero-order valence-electron chi connectivity index (χ0n) is 27.2. The maximum absolute atomic E-state index is 14.4. The van der Waals surface area contributed by atoms with Crippen LogP contribution < -0.4 is 28.6 Å². The molecule has 1 N–H and O–H groups in total. The van der Waals surface area contributed by atoms with Crippen LogP contribution in [0.25, 0.3) is 0 Å². The molecule has 0 spiro atoms. The van der Waals surface area contributed by atoms with Gasteiger partial charge < -0.3 is 29.2 Å². The largest absolute Gasteiger partial charge is 0.497 e. The van der Waals surface area contributed by atoms with Crippen LogP contribution in [0.15, 0.2) is 65.6 Å². The first kappa shape index (κ1) is 36.3. The van der Waals surface area contributed by atoms with E-state index in [4.69, 9.17) is 30.5 Å². The van der Waals surface area contributed by atoms with E-state index in [0.717, 1.165) is 4.31 Å². The van der Waals surface area contributed by atoms with Gasteiger partial charge in [-0.25, -0.2) is 8.42 Å². The number of anilines is 1. The van der Waals surface area contributed by atoms with Gasteiger partial charge in [0.1, 0.15) is 24.1 Å². The maximum atomic E-state index is 14.4. The lowest BCUT2D eigenvalue weighted by Crippen LogP contribution is -2.53. The number of methoxy groups -OCH3 is 4. The molecule has 11 nitrogen and oxygen atoms in total. The fraction of sp³-hybridized carbons (Fsp3) is 0.394. The van der Waals surface area contributed by atoms with Crippen molar-refractivity contribution < 1.29 is 37.0 Å². The molecular formula is C33H42ClN3O8S. The summed E-state index contributed by atoms with van der Waals surface area (Å²) in [4.78, 5) is 29.2. The molecule has 0 radical (unpaired) electrons. The van der Waals surface area contributed by atoms with Gasteiger partial charge in [-0.2, -0.15) is 0 Å². The number of carbonyl (C=O) groups excluding carboxylic acids is 2. The fourth-order valence-corrected chi connectivity index (χ4v) is 6.40. The molecule has 0 heterocycles. The second-order valence-electron chi connectivity index (χ2n) is 10.5. The molecule has 0 aliphatic heterocycles. The predicted octanol–water partition coefficient (Wildman–Crippen LogP) is 5.29. The Morgan fingerprint density at radius 2 is 1.52 bits per heavy atom. The summed E-state index contributed by atoms with van der Waals surface area (Å²) >= 11 is 6.34. The highest BCUT2D eigenvalue weighted by atomic mass is 35.5. The molecule has 2 atom stereocenters. The molecule has 0 bridgehead atoms. The van der Waals surface area contributed by atoms with Gasteiger partial charge in [0, 0.05) is 23.7 Å². The second-order valence-corrected chi connectivity index (χ2v) is 12.8. The van der Waals surface area contributed by atoms with E-state index < -0.39 is 28.5 Å². The van der Waals surface area contributed by atoms with Crippen LogP contribution >= 0.6 is 11.6 Å². The molecule has 0 saturated carbocycles. The second kappa shape index (κ2) is 16.4. The fourth-order valence-electron chi connectivity index (χ4n) is 4.80. The van der Waals surface area contributed by atoms with E-state index in [9.17, 15) is 18.0 Å². The summed E-state index contributed by atoms with van der Waals surface area (Å²) in [5.74, 6) is 0.278. The van der Waals surface area contributed by atoms with Crippen LogP contribution in [-0.4, -0.2) is 72.2 Å². The van der Waals surface area contributed by atoms with Crippen LogP contribution in [0.5, 0.6) is 23.0 Å². The van der Waals surface area contributed by atoms with Crippen molar-refractivity contribution in [3.63, 3.8) is 0 Å². The predicted molar refractivity (Wildman–Crippen MR) is 178 cm³/mol. The Hall–Kier alpha value is -4.16. The quantitative estimate of drug-likeness (QED) is 0.217. The minimum atomic E-state index is -4.46. The van der Waals surface area contributed by atoms with E-state index in [0.29, 0.717) is 23.5 Å². The number of hydrogen-bond acceptors (Lipinski definition) is 8. The van der Waals surface area contributed by atoms with Gasteiger partial charge in [-0.1, -0.05) is 37.6 Å². The minimum absolute atomic E-state index is 0.0133. The van der Waals surface area contributed by atoms with Crippen molar-refractivity contribution in [2.24, 2.45) is 0 Å². The highest BCUT2D eigenvalue weighted by Gasteiger charge is 2.35. The number of sulfonamides is 1. The van der Waals surface area contributed by atoms with E-state index in [1.807, 2.05) is 13.8 Å². The smallest absolute Gasteiger partial charge is 0.265 e. The lowest BCUT2D eigenvalue weighted by molar-refractivity contribution is -0.140. The Morgan fingerprint density at radius 1 is 0.848 bits per heavy atom. The van der Waals surface area contributed by atoms with Gasteiger partial charge in [-0.05, 0) is 67.8 Å². The van der Waals surface area contributed by atoms with Gasteiger partial charge in [-0.15, -0.1) is 0 Å². The monoisotopic (exact) mass is 675 g/mol. The topological polar surface area (TPSA) is 124 Å². The Morgan fingerprint density at radius 3 is 2.13 bits per heavy atom. The van der Waals surface area contributed by atoms with E-state index >= 15 is 0 Å². The molecule has 0 unspecified atom stereocenters. The van der Waals surface area contributed by atoms with Gasteiger partial charge in [-0.3, -0.25) is 13.9 Å². The standard InChI is InChI=1S/C33H42ClN3O8S/c1-8-22(3)35-33(39)27(9-2)36(20-23-11-10-12-25(17-23)42-4)32(38)21-37(28-18-24(34)13-15-29(28)43-5)46(40,41)26-14-16-30(44-6)31(19-26)45-7/h10-19,22,27H,8-9,20-21H2,1-7H3,(H,35,39)/t22-,27+/m1/s1. The number of amides is 2. The number of ether oxygens (including phenoxy) is 4. The molecule has 0 aliphatic carbocycles. The highest BCUT2D eigenvalue weighted by Crippen LogP contribution is 2.37. The van der Waals surface area contributed by atoms with Crippen molar-refractivity contribution in [3.8, 4) is 23.0 Å². The molecule has 46 heavy (non-hydrogen) atoms. The molecule has 2 amide bonds. The van der Waals surface area contributed by atoms with Gasteiger partial charge in [0.15, 0.2) is 11.5 Å². The van der Waals surface area contributed by atoms with E-state index in [-0.39, 0.29) is 52.0 Å². The molecule has 0 aliphatic rings. The number of hydrogen-bond donors (Lipinski definition) is 1. The van der Waals surface area contributed by atoms with Crippen LogP contribution in [0.2, 0.25) is 5.02 Å². The first-order chi connectivity index (χ1) is 21.9. The summed E-state index contributed by atoms with van der Waals surface area (Å²) in [6.45, 7) is 4.96. The number of benzene rings is 3. The maximum Gasteiger partial charge on any atom is 0.265 e. The van der Waals surface area contributed by atoms with Gasteiger partial charge in [0.05, 0.1) is 39.0 Å².